The number of hydrogen-bond acceptors (Lipinski definition) is 9. The highest BCUT2D eigenvalue weighted by Gasteiger charge is 2.45. The molecule has 2 aliphatic heterocycles. The number of aryl methyl sites for hydroxylation is 2. The third-order valence-corrected chi connectivity index (χ3v) is 14.3. The van der Waals surface area contributed by atoms with E-state index in [9.17, 15) is 13.8 Å². The quantitative estimate of drug-likeness (QED) is 0.303. The lowest BCUT2D eigenvalue weighted by molar-refractivity contribution is -0.0000283. The van der Waals surface area contributed by atoms with Crippen molar-refractivity contribution in [2.24, 2.45) is 29.2 Å². The zero-order valence-electron chi connectivity index (χ0n) is 31.8. The molecule has 1 N–H and O–H groups in total. The van der Waals surface area contributed by atoms with E-state index in [0.717, 1.165) is 49.4 Å². The minimum absolute atomic E-state index is 0.0578. The van der Waals surface area contributed by atoms with E-state index >= 15 is 0 Å². The normalized spacial score (nSPS) is 31.5. The van der Waals surface area contributed by atoms with Crippen molar-refractivity contribution in [1.29, 1.82) is 0 Å². The van der Waals surface area contributed by atoms with Gasteiger partial charge in [-0.1, -0.05) is 36.7 Å². The highest BCUT2D eigenvalue weighted by Crippen LogP contribution is 2.47. The van der Waals surface area contributed by atoms with Crippen molar-refractivity contribution in [3.8, 4) is 11.6 Å². The smallest absolute Gasteiger partial charge is 0.286 e. The monoisotopic (exact) mass is 779 g/mol. The summed E-state index contributed by atoms with van der Waals surface area (Å²) in [6.45, 7) is 5.65. The molecule has 3 heterocycles. The van der Waals surface area contributed by atoms with Crippen LogP contribution in [0.5, 0.6) is 11.6 Å². The van der Waals surface area contributed by atoms with Crippen LogP contribution in [0.1, 0.15) is 71.4 Å². The number of nitrogens with zero attached hydrogens (tertiary/aromatic N) is 4. The maximum atomic E-state index is 14.9. The van der Waals surface area contributed by atoms with Gasteiger partial charge < -0.3 is 23.8 Å². The SMILES string of the molecule is COc1nn(C)cc1C(=O)NS1(=O)=NC(=O)c2ccc3c(c2)N(C[C@@H]2CC[C@H]2[C@@H](OC)/C=C\[C@](C)(OC)[C@H](C)C1)C[C@@]1(CCCc2cc(Cl)ccc21)CO3. The van der Waals surface area contributed by atoms with E-state index in [1.54, 1.807) is 33.4 Å². The molecule has 1 unspecified atom stereocenters. The fourth-order valence-corrected chi connectivity index (χ4v) is 10.8. The van der Waals surface area contributed by atoms with Gasteiger partial charge in [0, 0.05) is 62.5 Å². The van der Waals surface area contributed by atoms with Crippen LogP contribution in [0, 0.1) is 17.8 Å². The number of nitrogens with one attached hydrogen (secondary N) is 1. The molecule has 3 aromatic rings. The van der Waals surface area contributed by atoms with Gasteiger partial charge in [0.05, 0.1) is 36.9 Å². The average molecular weight is 780 g/mol. The van der Waals surface area contributed by atoms with Gasteiger partial charge >= 0.3 is 0 Å². The maximum Gasteiger partial charge on any atom is 0.286 e. The van der Waals surface area contributed by atoms with Gasteiger partial charge in [-0.25, -0.2) is 4.21 Å². The van der Waals surface area contributed by atoms with Gasteiger partial charge in [0.1, 0.15) is 21.2 Å². The van der Waals surface area contributed by atoms with Crippen molar-refractivity contribution in [2.75, 3.05) is 51.7 Å². The summed E-state index contributed by atoms with van der Waals surface area (Å²) in [7, 11) is 2.61. The second-order valence-corrected chi connectivity index (χ2v) is 17.9. The van der Waals surface area contributed by atoms with Crippen molar-refractivity contribution < 1.29 is 32.7 Å². The Morgan fingerprint density at radius 3 is 2.69 bits per heavy atom. The summed E-state index contributed by atoms with van der Waals surface area (Å²) in [5, 5.41) is 4.89. The number of methoxy groups -OCH3 is 3. The van der Waals surface area contributed by atoms with Crippen molar-refractivity contribution in [3.05, 3.63) is 82.0 Å². The number of halogens is 1. The molecule has 2 amide bonds. The van der Waals surface area contributed by atoms with Gasteiger partial charge in [0.25, 0.3) is 11.8 Å². The first-order valence-corrected chi connectivity index (χ1v) is 20.6. The first kappa shape index (κ1) is 38.4. The summed E-state index contributed by atoms with van der Waals surface area (Å²) in [5.74, 6) is -0.803. The van der Waals surface area contributed by atoms with Crippen LogP contribution in [0.2, 0.25) is 5.02 Å². The number of carbonyl (C=O) groups is 2. The third kappa shape index (κ3) is 7.27. The minimum atomic E-state index is -3.75. The number of carbonyl (C=O) groups excluding carboxylic acids is 2. The Hall–Kier alpha value is -3.91. The molecule has 1 spiro atoms. The molecule has 54 heavy (non-hydrogen) atoms. The number of aromatic nitrogens is 2. The molecular weight excluding hydrogens is 730 g/mol. The molecule has 7 atom stereocenters. The van der Waals surface area contributed by atoms with E-state index < -0.39 is 33.2 Å². The van der Waals surface area contributed by atoms with Gasteiger partial charge in [0.15, 0.2) is 0 Å². The van der Waals surface area contributed by atoms with Gasteiger partial charge in [-0.15, -0.1) is 9.46 Å². The Morgan fingerprint density at radius 1 is 1.15 bits per heavy atom. The number of fused-ring (bicyclic) bond motifs is 4. The zero-order chi connectivity index (χ0) is 38.4. The molecule has 7 rings (SSSR count). The Morgan fingerprint density at radius 2 is 1.96 bits per heavy atom. The molecule has 0 radical (unpaired) electrons. The van der Waals surface area contributed by atoms with Crippen LogP contribution < -0.4 is 19.1 Å². The second kappa shape index (κ2) is 15.0. The number of amides is 2. The van der Waals surface area contributed by atoms with Crippen molar-refractivity contribution in [1.82, 2.24) is 14.5 Å². The Balaban J connectivity index is 1.34. The van der Waals surface area contributed by atoms with Crippen molar-refractivity contribution in [3.63, 3.8) is 0 Å². The van der Waals surface area contributed by atoms with E-state index in [4.69, 9.17) is 30.5 Å². The predicted octanol–water partition coefficient (Wildman–Crippen LogP) is 6.16. The summed E-state index contributed by atoms with van der Waals surface area (Å²) in [6, 6.07) is 11.5. The summed E-state index contributed by atoms with van der Waals surface area (Å²) >= 11 is 6.47. The summed E-state index contributed by atoms with van der Waals surface area (Å²) in [5.41, 5.74) is 2.35. The summed E-state index contributed by atoms with van der Waals surface area (Å²) < 4.78 is 47.4. The molecule has 1 aromatic heterocycles. The predicted molar refractivity (Wildman–Crippen MR) is 208 cm³/mol. The number of rotatable bonds is 5. The highest BCUT2D eigenvalue weighted by atomic mass is 35.5. The van der Waals surface area contributed by atoms with Gasteiger partial charge in [-0.05, 0) is 92.3 Å². The van der Waals surface area contributed by atoms with Crippen LogP contribution in [0.4, 0.5) is 5.69 Å². The topological polar surface area (TPSA) is 134 Å². The molecule has 12 nitrogen and oxygen atoms in total. The standard InChI is InChI=1S/C40H50ClN5O7S/c1-25-22-54(49,44-37(48)31-21-45(3)42-38(31)51-5)43-36(47)27-10-14-35-33(19-27)46(20-28-9-12-30(28)34(50-4)15-17-39(25,2)52-6)23-40(24-53-35)16-7-8-26-18-29(41)11-13-32(26)40/h10-11,13-15,17-19,21,25,28,30,34H,7-9,12,16,20,22-24H2,1-6H3,(H,43,44,47,48,49)/b17-15-/t25-,28+,30-,34+,39+,40+,54?/m1/s1. The number of ether oxygens (including phenoxy) is 4. The molecule has 0 saturated heterocycles. The highest BCUT2D eigenvalue weighted by molar-refractivity contribution is 7.92. The molecule has 2 bridgehead atoms. The van der Waals surface area contributed by atoms with Crippen LogP contribution in [-0.4, -0.2) is 84.3 Å². The summed E-state index contributed by atoms with van der Waals surface area (Å²) in [6.07, 6.45) is 10.2. The van der Waals surface area contributed by atoms with Crippen molar-refractivity contribution in [2.45, 2.75) is 63.1 Å². The minimum Gasteiger partial charge on any atom is -0.490 e. The fourth-order valence-electron chi connectivity index (χ4n) is 8.67. The molecule has 1 fully saturated rings. The first-order chi connectivity index (χ1) is 25.8. The number of hydrogen-bond donors (Lipinski definition) is 1. The van der Waals surface area contributed by atoms with Crippen LogP contribution >= 0.6 is 11.6 Å². The lowest BCUT2D eigenvalue weighted by Crippen LogP contribution is -2.49. The molecule has 290 valence electrons. The Bertz CT molecular complexity index is 2100. The Kier molecular flexibility index (Phi) is 10.6. The lowest BCUT2D eigenvalue weighted by Gasteiger charge is -2.46. The van der Waals surface area contributed by atoms with E-state index in [2.05, 4.69) is 31.2 Å². The second-order valence-electron chi connectivity index (χ2n) is 15.5. The molecule has 2 aliphatic carbocycles. The van der Waals surface area contributed by atoms with E-state index in [0.29, 0.717) is 24.8 Å². The zero-order valence-corrected chi connectivity index (χ0v) is 33.4. The number of benzene rings is 2. The largest absolute Gasteiger partial charge is 0.490 e. The first-order valence-electron chi connectivity index (χ1n) is 18.6. The van der Waals surface area contributed by atoms with Crippen LogP contribution in [0.25, 0.3) is 0 Å². The third-order valence-electron chi connectivity index (χ3n) is 12.1. The average Bonchev–Trinajstić information content (AvgIpc) is 3.46. The van der Waals surface area contributed by atoms with Crippen LogP contribution in [0.15, 0.2) is 59.1 Å². The summed E-state index contributed by atoms with van der Waals surface area (Å²) in [4.78, 5) is 30.3. The molecule has 4 aliphatic rings. The van der Waals surface area contributed by atoms with E-state index in [1.807, 2.05) is 38.1 Å². The number of anilines is 1. The van der Waals surface area contributed by atoms with Gasteiger partial charge in [0.2, 0.25) is 5.88 Å². The Labute approximate surface area is 322 Å². The van der Waals surface area contributed by atoms with Crippen LogP contribution in [0.3, 0.4) is 0 Å². The molecule has 1 saturated carbocycles. The van der Waals surface area contributed by atoms with Crippen molar-refractivity contribution >= 4 is 39.0 Å². The van der Waals surface area contributed by atoms with Crippen LogP contribution in [-0.2, 0) is 38.3 Å². The van der Waals surface area contributed by atoms with Gasteiger partial charge in [-0.3, -0.25) is 19.0 Å². The van der Waals surface area contributed by atoms with Gasteiger partial charge in [-0.2, -0.15) is 0 Å². The van der Waals surface area contributed by atoms with E-state index in [-0.39, 0.29) is 40.2 Å². The molecule has 2 aromatic carbocycles. The molecular formula is C40H50ClN5O7S. The molecule has 14 heteroatoms. The fraction of sp³-hybridized carbons (Fsp3) is 0.525. The maximum absolute atomic E-state index is 14.9. The lowest BCUT2D eigenvalue weighted by atomic mass is 9.68. The van der Waals surface area contributed by atoms with E-state index in [1.165, 1.54) is 29.1 Å².